The maximum absolute atomic E-state index is 12.7. The molecule has 29 heavy (non-hydrogen) atoms. The Morgan fingerprint density at radius 1 is 0.966 bits per heavy atom. The molecule has 1 saturated heterocycles. The zero-order valence-electron chi connectivity index (χ0n) is 17.1. The van der Waals surface area contributed by atoms with Crippen LogP contribution in [-0.2, 0) is 27.7 Å². The van der Waals surface area contributed by atoms with Crippen LogP contribution in [0.1, 0.15) is 25.0 Å². The van der Waals surface area contributed by atoms with Gasteiger partial charge in [0, 0.05) is 5.69 Å². The van der Waals surface area contributed by atoms with E-state index in [0.717, 1.165) is 34.6 Å². The average molecular weight is 417 g/mol. The molecule has 0 spiro atoms. The van der Waals surface area contributed by atoms with E-state index < -0.39 is 10.0 Å². The van der Waals surface area contributed by atoms with Gasteiger partial charge >= 0.3 is 0 Å². The maximum atomic E-state index is 12.7. The molecule has 0 aromatic heterocycles. The van der Waals surface area contributed by atoms with E-state index in [4.69, 9.17) is 0 Å². The Bertz CT molecular complexity index is 915. The van der Waals surface area contributed by atoms with Crippen molar-refractivity contribution in [2.45, 2.75) is 31.6 Å². The van der Waals surface area contributed by atoms with Crippen LogP contribution in [0.25, 0.3) is 0 Å². The molecule has 1 fully saturated rings. The minimum atomic E-state index is -3.46. The number of quaternary nitrogens is 1. The van der Waals surface area contributed by atoms with Gasteiger partial charge in [0.05, 0.1) is 31.1 Å². The summed E-state index contributed by atoms with van der Waals surface area (Å²) in [5.41, 5.74) is 3.23. The van der Waals surface area contributed by atoms with E-state index in [9.17, 15) is 13.2 Å². The standard InChI is InChI=1S/C22H29N3O3S/c1-3-18-9-8-10-19(4-2)22(18)23-21(26)17-24-13-15-25(16-14-24)29(27,28)20-11-6-5-7-12-20/h5-12H,3-4,13-17H2,1-2H3,(H,23,26)/p+1. The van der Waals surface area contributed by atoms with E-state index in [0.29, 0.717) is 37.6 Å². The molecule has 2 aromatic rings. The Hall–Kier alpha value is -2.22. The molecule has 0 radical (unpaired) electrons. The first kappa shape index (κ1) is 21.5. The molecular weight excluding hydrogens is 386 g/mol. The Kier molecular flexibility index (Phi) is 7.05. The maximum Gasteiger partial charge on any atom is 0.279 e. The average Bonchev–Trinajstić information content (AvgIpc) is 2.75. The predicted molar refractivity (Wildman–Crippen MR) is 115 cm³/mol. The summed E-state index contributed by atoms with van der Waals surface area (Å²) in [5.74, 6) is -0.0185. The Morgan fingerprint density at radius 3 is 2.10 bits per heavy atom. The molecule has 1 aliphatic heterocycles. The number of sulfonamides is 1. The van der Waals surface area contributed by atoms with Gasteiger partial charge in [-0.2, -0.15) is 4.31 Å². The second-order valence-corrected chi connectivity index (χ2v) is 9.29. The molecule has 156 valence electrons. The third kappa shape index (κ3) is 5.04. The molecule has 6 nitrogen and oxygen atoms in total. The van der Waals surface area contributed by atoms with Crippen molar-refractivity contribution in [2.75, 3.05) is 38.0 Å². The summed E-state index contributed by atoms with van der Waals surface area (Å²) in [6.45, 7) is 6.60. The van der Waals surface area contributed by atoms with Gasteiger partial charge in [0.1, 0.15) is 0 Å². The van der Waals surface area contributed by atoms with E-state index in [1.54, 1.807) is 30.3 Å². The molecule has 1 aliphatic rings. The third-order valence-electron chi connectivity index (χ3n) is 5.48. The number of carbonyl (C=O) groups excluding carboxylic acids is 1. The number of aryl methyl sites for hydroxylation is 2. The third-order valence-corrected chi connectivity index (χ3v) is 7.40. The van der Waals surface area contributed by atoms with Gasteiger partial charge in [-0.1, -0.05) is 50.2 Å². The van der Waals surface area contributed by atoms with Crippen molar-refractivity contribution in [1.82, 2.24) is 4.31 Å². The molecule has 3 rings (SSSR count). The summed E-state index contributed by atoms with van der Waals surface area (Å²) in [5, 5.41) is 3.10. The van der Waals surface area contributed by atoms with Crippen molar-refractivity contribution in [3.05, 3.63) is 59.7 Å². The smallest absolute Gasteiger partial charge is 0.279 e. The molecule has 1 heterocycles. The lowest BCUT2D eigenvalue weighted by molar-refractivity contribution is -0.895. The number of nitrogens with zero attached hydrogens (tertiary/aromatic N) is 1. The molecule has 0 bridgehead atoms. The number of nitrogens with one attached hydrogen (secondary N) is 2. The van der Waals surface area contributed by atoms with E-state index in [-0.39, 0.29) is 5.91 Å². The highest BCUT2D eigenvalue weighted by molar-refractivity contribution is 7.89. The molecule has 2 N–H and O–H groups in total. The number of piperazine rings is 1. The largest absolute Gasteiger partial charge is 0.325 e. The summed E-state index contributed by atoms with van der Waals surface area (Å²) >= 11 is 0. The lowest BCUT2D eigenvalue weighted by atomic mass is 10.0. The summed E-state index contributed by atoms with van der Waals surface area (Å²) < 4.78 is 27.0. The first-order chi connectivity index (χ1) is 14.0. The van der Waals surface area contributed by atoms with Gasteiger partial charge in [-0.15, -0.1) is 0 Å². The van der Waals surface area contributed by atoms with Gasteiger partial charge in [0.15, 0.2) is 6.54 Å². The van der Waals surface area contributed by atoms with Crippen LogP contribution in [0.15, 0.2) is 53.4 Å². The number of benzene rings is 2. The van der Waals surface area contributed by atoms with Crippen LogP contribution >= 0.6 is 0 Å². The van der Waals surface area contributed by atoms with Gasteiger partial charge in [0.2, 0.25) is 10.0 Å². The highest BCUT2D eigenvalue weighted by atomic mass is 32.2. The molecular formula is C22H30N3O3S+. The lowest BCUT2D eigenvalue weighted by Gasteiger charge is -2.31. The Balaban J connectivity index is 1.58. The SMILES string of the molecule is CCc1cccc(CC)c1NC(=O)C[NH+]1CCN(S(=O)(=O)c2ccccc2)CC1. The summed E-state index contributed by atoms with van der Waals surface area (Å²) in [7, 11) is -3.46. The first-order valence-electron chi connectivity index (χ1n) is 10.2. The second kappa shape index (κ2) is 9.52. The summed E-state index contributed by atoms with van der Waals surface area (Å²) in [4.78, 5) is 14.1. The van der Waals surface area contributed by atoms with Crippen LogP contribution in [0.2, 0.25) is 0 Å². The van der Waals surface area contributed by atoms with Crippen LogP contribution in [0.3, 0.4) is 0 Å². The van der Waals surface area contributed by atoms with Gasteiger partial charge in [0.25, 0.3) is 5.91 Å². The van der Waals surface area contributed by atoms with Crippen LogP contribution in [0, 0.1) is 0 Å². The van der Waals surface area contributed by atoms with Crippen molar-refractivity contribution >= 4 is 21.6 Å². The number of para-hydroxylation sites is 1. The van der Waals surface area contributed by atoms with Gasteiger partial charge in [-0.05, 0) is 36.1 Å². The van der Waals surface area contributed by atoms with Crippen molar-refractivity contribution in [1.29, 1.82) is 0 Å². The van der Waals surface area contributed by atoms with Gasteiger partial charge in [-0.3, -0.25) is 4.79 Å². The monoisotopic (exact) mass is 416 g/mol. The minimum Gasteiger partial charge on any atom is -0.325 e. The van der Waals surface area contributed by atoms with Crippen molar-refractivity contribution < 1.29 is 18.1 Å². The number of amides is 1. The first-order valence-corrected chi connectivity index (χ1v) is 11.7. The molecule has 0 unspecified atom stereocenters. The zero-order valence-corrected chi connectivity index (χ0v) is 18.0. The quantitative estimate of drug-likeness (QED) is 0.716. The highest BCUT2D eigenvalue weighted by Crippen LogP contribution is 2.22. The van der Waals surface area contributed by atoms with E-state index in [1.807, 2.05) is 6.07 Å². The summed E-state index contributed by atoms with van der Waals surface area (Å²) in [6.07, 6.45) is 1.73. The predicted octanol–water partition coefficient (Wildman–Crippen LogP) is 1.34. The number of rotatable bonds is 7. The van der Waals surface area contributed by atoms with Gasteiger partial charge < -0.3 is 10.2 Å². The van der Waals surface area contributed by atoms with Gasteiger partial charge in [-0.25, -0.2) is 8.42 Å². The van der Waals surface area contributed by atoms with Crippen molar-refractivity contribution in [3.63, 3.8) is 0 Å². The Labute approximate surface area is 173 Å². The highest BCUT2D eigenvalue weighted by Gasteiger charge is 2.31. The lowest BCUT2D eigenvalue weighted by Crippen LogP contribution is -3.15. The fourth-order valence-electron chi connectivity index (χ4n) is 3.77. The molecule has 0 atom stereocenters. The fourth-order valence-corrected chi connectivity index (χ4v) is 5.24. The second-order valence-electron chi connectivity index (χ2n) is 7.35. The molecule has 0 saturated carbocycles. The van der Waals surface area contributed by atoms with Crippen LogP contribution in [0.4, 0.5) is 5.69 Å². The molecule has 7 heteroatoms. The van der Waals surface area contributed by atoms with Crippen LogP contribution in [-0.4, -0.2) is 51.4 Å². The molecule has 1 amide bonds. The number of hydrogen-bond donors (Lipinski definition) is 2. The number of carbonyl (C=O) groups is 1. The zero-order chi connectivity index (χ0) is 20.9. The van der Waals surface area contributed by atoms with E-state index in [2.05, 4.69) is 31.3 Å². The number of hydrogen-bond acceptors (Lipinski definition) is 3. The van der Waals surface area contributed by atoms with E-state index >= 15 is 0 Å². The van der Waals surface area contributed by atoms with Crippen molar-refractivity contribution in [2.24, 2.45) is 0 Å². The molecule has 0 aliphatic carbocycles. The van der Waals surface area contributed by atoms with Crippen LogP contribution in [0.5, 0.6) is 0 Å². The normalized spacial score (nSPS) is 15.9. The number of anilines is 1. The summed E-state index contributed by atoms with van der Waals surface area (Å²) in [6, 6.07) is 14.7. The van der Waals surface area contributed by atoms with Crippen LogP contribution < -0.4 is 10.2 Å². The topological polar surface area (TPSA) is 70.9 Å². The van der Waals surface area contributed by atoms with Crippen molar-refractivity contribution in [3.8, 4) is 0 Å². The fraction of sp³-hybridized carbons (Fsp3) is 0.409. The van der Waals surface area contributed by atoms with E-state index in [1.165, 1.54) is 4.31 Å². The minimum absolute atomic E-state index is 0.0185. The Morgan fingerprint density at radius 2 is 1.55 bits per heavy atom. The molecule has 2 aromatic carbocycles.